The SMILES string of the molecule is CCCN(CC(=O)O)C(=O)CCn1nnc2ccccc2c1=O. The van der Waals surface area contributed by atoms with Crippen molar-refractivity contribution >= 4 is 22.8 Å². The molecule has 1 aromatic carbocycles. The first kappa shape index (κ1) is 16.6. The maximum atomic E-state index is 12.3. The molecule has 0 saturated carbocycles. The average Bonchev–Trinajstić information content (AvgIpc) is 2.53. The quantitative estimate of drug-likeness (QED) is 0.797. The maximum Gasteiger partial charge on any atom is 0.323 e. The van der Waals surface area contributed by atoms with E-state index in [2.05, 4.69) is 10.3 Å². The first-order chi connectivity index (χ1) is 11.0. The van der Waals surface area contributed by atoms with Crippen LogP contribution in [0.3, 0.4) is 0 Å². The van der Waals surface area contributed by atoms with E-state index in [1.807, 2.05) is 6.92 Å². The Hall–Kier alpha value is -2.77. The molecule has 1 amide bonds. The predicted molar refractivity (Wildman–Crippen MR) is 82.9 cm³/mol. The smallest absolute Gasteiger partial charge is 0.323 e. The molecule has 122 valence electrons. The minimum atomic E-state index is -1.06. The summed E-state index contributed by atoms with van der Waals surface area (Å²) in [5.74, 6) is -1.38. The number of carbonyl (C=O) groups is 2. The topological polar surface area (TPSA) is 105 Å². The number of carbonyl (C=O) groups excluding carboxylic acids is 1. The number of carboxylic acids is 1. The third-order valence-electron chi connectivity index (χ3n) is 3.34. The Bertz CT molecular complexity index is 771. The third-order valence-corrected chi connectivity index (χ3v) is 3.34. The van der Waals surface area contributed by atoms with Gasteiger partial charge in [-0.2, -0.15) is 0 Å². The predicted octanol–water partition coefficient (Wildman–Crippen LogP) is 0.505. The van der Waals surface area contributed by atoms with Crippen molar-refractivity contribution in [3.8, 4) is 0 Å². The summed E-state index contributed by atoms with van der Waals surface area (Å²) in [4.78, 5) is 36.4. The van der Waals surface area contributed by atoms with E-state index < -0.39 is 5.97 Å². The van der Waals surface area contributed by atoms with Gasteiger partial charge in [-0.3, -0.25) is 14.4 Å². The molecule has 23 heavy (non-hydrogen) atoms. The number of fused-ring (bicyclic) bond motifs is 1. The summed E-state index contributed by atoms with van der Waals surface area (Å²) in [6.07, 6.45) is 0.662. The van der Waals surface area contributed by atoms with E-state index in [9.17, 15) is 14.4 Å². The third kappa shape index (κ3) is 4.12. The van der Waals surface area contributed by atoms with Crippen LogP contribution in [0.2, 0.25) is 0 Å². The van der Waals surface area contributed by atoms with Crippen LogP contribution < -0.4 is 5.56 Å². The van der Waals surface area contributed by atoms with Crippen molar-refractivity contribution in [2.75, 3.05) is 13.1 Å². The zero-order valence-corrected chi connectivity index (χ0v) is 12.8. The first-order valence-electron chi connectivity index (χ1n) is 7.35. The molecular weight excluding hydrogens is 300 g/mol. The van der Waals surface area contributed by atoms with Gasteiger partial charge in [-0.15, -0.1) is 5.10 Å². The molecule has 8 heteroatoms. The molecule has 0 spiro atoms. The molecule has 0 radical (unpaired) electrons. The van der Waals surface area contributed by atoms with E-state index in [0.29, 0.717) is 23.9 Å². The van der Waals surface area contributed by atoms with Crippen LogP contribution in [0, 0.1) is 0 Å². The van der Waals surface area contributed by atoms with Gasteiger partial charge in [0.15, 0.2) is 0 Å². The zero-order valence-electron chi connectivity index (χ0n) is 12.8. The molecule has 1 N–H and O–H groups in total. The Kier molecular flexibility index (Phi) is 5.40. The number of hydrogen-bond acceptors (Lipinski definition) is 5. The van der Waals surface area contributed by atoms with Gasteiger partial charge in [-0.25, -0.2) is 4.68 Å². The average molecular weight is 318 g/mol. The lowest BCUT2D eigenvalue weighted by atomic mass is 10.2. The van der Waals surface area contributed by atoms with Gasteiger partial charge in [0.1, 0.15) is 12.1 Å². The van der Waals surface area contributed by atoms with Crippen LogP contribution in [0.5, 0.6) is 0 Å². The number of carboxylic acid groups (broad SMARTS) is 1. The van der Waals surface area contributed by atoms with Crippen molar-refractivity contribution in [1.82, 2.24) is 19.9 Å². The molecule has 0 atom stereocenters. The Morgan fingerprint density at radius 3 is 2.74 bits per heavy atom. The van der Waals surface area contributed by atoms with Crippen LogP contribution >= 0.6 is 0 Å². The number of aryl methyl sites for hydroxylation is 1. The fourth-order valence-electron chi connectivity index (χ4n) is 2.25. The van der Waals surface area contributed by atoms with Crippen molar-refractivity contribution in [2.45, 2.75) is 26.3 Å². The monoisotopic (exact) mass is 318 g/mol. The highest BCUT2D eigenvalue weighted by Gasteiger charge is 2.16. The van der Waals surface area contributed by atoms with Crippen LogP contribution in [0.4, 0.5) is 0 Å². The molecule has 0 fully saturated rings. The molecule has 0 unspecified atom stereocenters. The van der Waals surface area contributed by atoms with Gasteiger partial charge >= 0.3 is 5.97 Å². The van der Waals surface area contributed by atoms with Crippen LogP contribution in [-0.2, 0) is 16.1 Å². The van der Waals surface area contributed by atoms with Gasteiger partial charge in [0, 0.05) is 13.0 Å². The molecule has 8 nitrogen and oxygen atoms in total. The lowest BCUT2D eigenvalue weighted by Crippen LogP contribution is -2.37. The fourth-order valence-corrected chi connectivity index (χ4v) is 2.25. The normalized spacial score (nSPS) is 10.7. The lowest BCUT2D eigenvalue weighted by Gasteiger charge is -2.19. The second-order valence-electron chi connectivity index (χ2n) is 5.09. The summed E-state index contributed by atoms with van der Waals surface area (Å²) < 4.78 is 1.13. The van der Waals surface area contributed by atoms with Gasteiger partial charge in [0.2, 0.25) is 5.91 Å². The Morgan fingerprint density at radius 1 is 1.30 bits per heavy atom. The van der Waals surface area contributed by atoms with Gasteiger partial charge in [0.05, 0.1) is 11.9 Å². The number of amides is 1. The summed E-state index contributed by atoms with van der Waals surface area (Å²) in [7, 11) is 0. The van der Waals surface area contributed by atoms with Crippen LogP contribution in [-0.4, -0.2) is 50.0 Å². The second kappa shape index (κ2) is 7.48. The summed E-state index contributed by atoms with van der Waals surface area (Å²) in [5.41, 5.74) is 0.183. The zero-order chi connectivity index (χ0) is 16.8. The van der Waals surface area contributed by atoms with Crippen LogP contribution in [0.25, 0.3) is 10.9 Å². The van der Waals surface area contributed by atoms with Crippen molar-refractivity contribution in [3.63, 3.8) is 0 Å². The Balaban J connectivity index is 2.10. The molecule has 1 heterocycles. The van der Waals surface area contributed by atoms with Gasteiger partial charge < -0.3 is 10.0 Å². The van der Waals surface area contributed by atoms with E-state index in [0.717, 1.165) is 4.68 Å². The molecule has 0 aliphatic heterocycles. The van der Waals surface area contributed by atoms with Crippen LogP contribution in [0.15, 0.2) is 29.1 Å². The maximum absolute atomic E-state index is 12.3. The van der Waals surface area contributed by atoms with Crippen LogP contribution in [0.1, 0.15) is 19.8 Å². The van der Waals surface area contributed by atoms with Gasteiger partial charge in [-0.1, -0.05) is 24.3 Å². The number of aliphatic carboxylic acids is 1. The second-order valence-corrected chi connectivity index (χ2v) is 5.09. The minimum absolute atomic E-state index is 0.000205. The summed E-state index contributed by atoms with van der Waals surface area (Å²) in [6, 6.07) is 6.84. The first-order valence-corrected chi connectivity index (χ1v) is 7.35. The van der Waals surface area contributed by atoms with Gasteiger partial charge in [-0.05, 0) is 18.6 Å². The molecule has 2 aromatic rings. The van der Waals surface area contributed by atoms with E-state index in [-0.39, 0.29) is 31.0 Å². The summed E-state index contributed by atoms with van der Waals surface area (Å²) in [6.45, 7) is 1.95. The van der Waals surface area contributed by atoms with E-state index in [1.54, 1.807) is 24.3 Å². The molecule has 2 rings (SSSR count). The van der Waals surface area contributed by atoms with Crippen molar-refractivity contribution in [3.05, 3.63) is 34.6 Å². The molecule has 0 saturated heterocycles. The minimum Gasteiger partial charge on any atom is -0.480 e. The van der Waals surface area contributed by atoms with Crippen molar-refractivity contribution in [2.24, 2.45) is 0 Å². The fraction of sp³-hybridized carbons (Fsp3) is 0.400. The van der Waals surface area contributed by atoms with Gasteiger partial charge in [0.25, 0.3) is 5.56 Å². The highest BCUT2D eigenvalue weighted by atomic mass is 16.4. The number of benzene rings is 1. The summed E-state index contributed by atoms with van der Waals surface area (Å²) >= 11 is 0. The van der Waals surface area contributed by atoms with Crippen molar-refractivity contribution in [1.29, 1.82) is 0 Å². The molecular formula is C15H18N4O4. The number of rotatable bonds is 7. The van der Waals surface area contributed by atoms with E-state index in [1.165, 1.54) is 4.90 Å². The lowest BCUT2D eigenvalue weighted by molar-refractivity contribution is -0.144. The number of nitrogens with zero attached hydrogens (tertiary/aromatic N) is 4. The highest BCUT2D eigenvalue weighted by molar-refractivity contribution is 5.81. The summed E-state index contributed by atoms with van der Waals surface area (Å²) in [5, 5.41) is 17.0. The molecule has 0 aliphatic rings. The largest absolute Gasteiger partial charge is 0.480 e. The number of aromatic nitrogens is 3. The molecule has 0 aliphatic carbocycles. The van der Waals surface area contributed by atoms with E-state index >= 15 is 0 Å². The van der Waals surface area contributed by atoms with Crippen molar-refractivity contribution < 1.29 is 14.7 Å². The molecule has 0 bridgehead atoms. The number of hydrogen-bond donors (Lipinski definition) is 1. The van der Waals surface area contributed by atoms with E-state index in [4.69, 9.17) is 5.11 Å². The standard InChI is InChI=1S/C15H18N4O4/c1-2-8-18(10-14(21)22)13(20)7-9-19-15(23)11-5-3-4-6-12(11)16-17-19/h3-6H,2,7-10H2,1H3,(H,21,22). The molecule has 1 aromatic heterocycles. The highest BCUT2D eigenvalue weighted by Crippen LogP contribution is 2.04. The Labute approximate surface area is 132 Å². The Morgan fingerprint density at radius 2 is 2.04 bits per heavy atom.